The van der Waals surface area contributed by atoms with Crippen molar-refractivity contribution in [2.75, 3.05) is 19.5 Å². The van der Waals surface area contributed by atoms with E-state index >= 15 is 0 Å². The molecule has 1 heterocycles. The van der Waals surface area contributed by atoms with Crippen molar-refractivity contribution in [1.82, 2.24) is 4.37 Å². The van der Waals surface area contributed by atoms with Gasteiger partial charge in [0.25, 0.3) is 5.91 Å². The van der Waals surface area contributed by atoms with Gasteiger partial charge in [-0.1, -0.05) is 26.0 Å². The molecule has 0 aliphatic rings. The van der Waals surface area contributed by atoms with Crippen molar-refractivity contribution in [3.63, 3.8) is 0 Å². The van der Waals surface area contributed by atoms with Crippen molar-refractivity contribution in [2.24, 2.45) is 5.92 Å². The Morgan fingerprint density at radius 2 is 1.75 bits per heavy atom. The first-order valence-electron chi connectivity index (χ1n) is 10.2. The zero-order valence-corrected chi connectivity index (χ0v) is 20.9. The summed E-state index contributed by atoms with van der Waals surface area (Å²) in [6.45, 7) is 8.09. The van der Waals surface area contributed by atoms with Crippen molar-refractivity contribution in [1.29, 1.82) is 0 Å². The minimum atomic E-state index is -0.352. The minimum Gasteiger partial charge on any atom is -1.00 e. The van der Waals surface area contributed by atoms with E-state index in [0.717, 1.165) is 38.4 Å². The topological polar surface area (TPSA) is 88.1 Å². The number of hydrogen-bond acceptors (Lipinski definition) is 5. The summed E-state index contributed by atoms with van der Waals surface area (Å²) in [5, 5.41) is 2.98. The number of carbonyl (C=O) groups excluding carboxylic acids is 1. The molecule has 32 heavy (non-hydrogen) atoms. The molecule has 1 atom stereocenters. The second-order valence-electron chi connectivity index (χ2n) is 7.94. The molecule has 0 fully saturated rings. The number of nitrogens with one attached hydrogen (secondary N) is 1. The average Bonchev–Trinajstić information content (AvgIpc) is 3.24. The molecule has 0 aliphatic carbocycles. The molecular weight excluding hydrogens is 446 g/mol. The van der Waals surface area contributed by atoms with Gasteiger partial charge in [0.2, 0.25) is 0 Å². The molecule has 3 rings (SSSR count). The van der Waals surface area contributed by atoms with Crippen LogP contribution in [0, 0.1) is 19.8 Å². The highest BCUT2D eigenvalue weighted by Crippen LogP contribution is 2.40. The summed E-state index contributed by atoms with van der Waals surface area (Å²) in [5.41, 5.74) is 9.87. The summed E-state index contributed by atoms with van der Waals surface area (Å²) in [6.07, 6.45) is 1.85. The molecule has 8 heteroatoms. The third kappa shape index (κ3) is 5.23. The lowest BCUT2D eigenvalue weighted by atomic mass is 9.99. The number of aryl methyl sites for hydroxylation is 1. The van der Waals surface area contributed by atoms with Crippen LogP contribution in [-0.2, 0) is 4.79 Å². The number of benzene rings is 2. The van der Waals surface area contributed by atoms with Gasteiger partial charge in [-0.05, 0) is 65.8 Å². The van der Waals surface area contributed by atoms with Crippen molar-refractivity contribution in [3.8, 4) is 33.1 Å². The van der Waals surface area contributed by atoms with E-state index in [-0.39, 0.29) is 30.3 Å². The van der Waals surface area contributed by atoms with E-state index in [4.69, 9.17) is 9.47 Å². The van der Waals surface area contributed by atoms with Crippen LogP contribution in [0.3, 0.4) is 0 Å². The largest absolute Gasteiger partial charge is 1.00 e. The summed E-state index contributed by atoms with van der Waals surface area (Å²) >= 11 is 1.44. The molecule has 0 saturated heterocycles. The van der Waals surface area contributed by atoms with Gasteiger partial charge in [-0.2, -0.15) is 4.37 Å². The molecule has 0 saturated carbocycles. The maximum absolute atomic E-state index is 12.6. The van der Waals surface area contributed by atoms with E-state index < -0.39 is 0 Å². The quantitative estimate of drug-likeness (QED) is 0.539. The molecule has 3 aromatic rings. The third-order valence-corrected chi connectivity index (χ3v) is 6.43. The van der Waals surface area contributed by atoms with Gasteiger partial charge < -0.3 is 32.9 Å². The van der Waals surface area contributed by atoms with Crippen molar-refractivity contribution >= 4 is 23.1 Å². The predicted octanol–water partition coefficient (Wildman–Crippen LogP) is 1.32. The van der Waals surface area contributed by atoms with Gasteiger partial charge >= 0.3 is 0 Å². The highest BCUT2D eigenvalue weighted by Gasteiger charge is 2.23. The predicted molar refractivity (Wildman–Crippen MR) is 126 cm³/mol. The van der Waals surface area contributed by atoms with Crippen LogP contribution in [0.1, 0.15) is 25.0 Å². The fraction of sp³-hybridized carbons (Fsp3) is 0.333. The number of ether oxygens (including phenoxy) is 2. The first-order valence-corrected chi connectivity index (χ1v) is 11.0. The Labute approximate surface area is 199 Å². The van der Waals surface area contributed by atoms with E-state index in [1.54, 1.807) is 14.2 Å². The summed E-state index contributed by atoms with van der Waals surface area (Å²) in [6, 6.07) is 9.61. The van der Waals surface area contributed by atoms with Crippen molar-refractivity contribution in [3.05, 3.63) is 47.7 Å². The minimum absolute atomic E-state index is 0. The Bertz CT molecular complexity index is 1100. The Hall–Kier alpha value is -2.61. The second kappa shape index (κ2) is 10.8. The molecule has 172 valence electrons. The standard InChI is InChI=1S/C24H29N3O3S.ClH/c1-13(2)22(25)24(28)27-19-10-16(7-8-20(19)29-5)18-12-26-31-23(18)17-9-14(3)15(4)21(11-17)30-6;/h7-13,22H,25H2,1-6H3,(H,27,28);1H/t22-;/m1./s1. The van der Waals surface area contributed by atoms with Crippen LogP contribution in [0.25, 0.3) is 21.6 Å². The van der Waals surface area contributed by atoms with E-state index in [1.165, 1.54) is 11.5 Å². The molecule has 0 unspecified atom stereocenters. The molecule has 1 amide bonds. The molecule has 4 N–H and O–H groups in total. The molecule has 0 spiro atoms. The van der Waals surface area contributed by atoms with Crippen molar-refractivity contribution in [2.45, 2.75) is 33.7 Å². The lowest BCUT2D eigenvalue weighted by molar-refractivity contribution is -0.412. The zero-order chi connectivity index (χ0) is 22.7. The highest BCUT2D eigenvalue weighted by atomic mass is 35.5. The molecule has 2 aromatic carbocycles. The second-order valence-corrected chi connectivity index (χ2v) is 8.75. The van der Waals surface area contributed by atoms with Gasteiger partial charge in [-0.25, -0.2) is 0 Å². The van der Waals surface area contributed by atoms with Crippen LogP contribution in [0.15, 0.2) is 36.5 Å². The normalized spacial score (nSPS) is 11.6. The zero-order valence-electron chi connectivity index (χ0n) is 19.3. The number of aromatic nitrogens is 1. The van der Waals surface area contributed by atoms with Gasteiger partial charge in [-0.15, -0.1) is 0 Å². The molecule has 0 bridgehead atoms. The number of carbonyl (C=O) groups is 1. The Balaban J connectivity index is 0.00000363. The van der Waals surface area contributed by atoms with E-state index in [9.17, 15) is 4.79 Å². The molecule has 1 aromatic heterocycles. The summed E-state index contributed by atoms with van der Waals surface area (Å²) in [4.78, 5) is 13.6. The molecule has 0 aliphatic heterocycles. The number of halogens is 1. The molecule has 6 nitrogen and oxygen atoms in total. The lowest BCUT2D eigenvalue weighted by Gasteiger charge is -2.16. The van der Waals surface area contributed by atoms with Crippen LogP contribution in [-0.4, -0.2) is 30.5 Å². The van der Waals surface area contributed by atoms with Crippen LogP contribution >= 0.6 is 11.5 Å². The maximum atomic E-state index is 12.6. The number of hydrogen-bond donors (Lipinski definition) is 2. The number of methoxy groups -OCH3 is 2. The molecular formula is C24H30ClN3O3S. The molecule has 0 radical (unpaired) electrons. The maximum Gasteiger partial charge on any atom is 0.282 e. The third-order valence-electron chi connectivity index (χ3n) is 5.58. The van der Waals surface area contributed by atoms with Gasteiger partial charge in [0, 0.05) is 17.7 Å². The summed E-state index contributed by atoms with van der Waals surface area (Å²) in [5.74, 6) is 1.47. The number of amides is 1. The fourth-order valence-corrected chi connectivity index (χ4v) is 4.08. The Morgan fingerprint density at radius 3 is 2.38 bits per heavy atom. The van der Waals surface area contributed by atoms with Crippen molar-refractivity contribution < 1.29 is 32.4 Å². The first kappa shape index (κ1) is 25.6. The van der Waals surface area contributed by atoms with E-state index in [1.807, 2.05) is 44.3 Å². The Kier molecular flexibility index (Phi) is 8.66. The number of anilines is 1. The Morgan fingerprint density at radius 1 is 1.06 bits per heavy atom. The summed E-state index contributed by atoms with van der Waals surface area (Å²) in [7, 11) is 3.28. The van der Waals surface area contributed by atoms with Crippen LogP contribution in [0.5, 0.6) is 11.5 Å². The monoisotopic (exact) mass is 475 g/mol. The summed E-state index contributed by atoms with van der Waals surface area (Å²) < 4.78 is 15.5. The van der Waals surface area contributed by atoms with Gasteiger partial charge in [-0.3, -0.25) is 4.79 Å². The fourth-order valence-electron chi connectivity index (χ4n) is 3.32. The van der Waals surface area contributed by atoms with Gasteiger partial charge in [0.15, 0.2) is 6.04 Å². The SMILES string of the molecule is COc1ccc(-c2cnsc2-c2cc(C)c(C)c(OC)c2)cc1NC(=O)[C@H]([NH3+])C(C)C.[Cl-]. The lowest BCUT2D eigenvalue weighted by Crippen LogP contribution is -3.00. The average molecular weight is 476 g/mol. The number of nitrogens with zero attached hydrogens (tertiary/aromatic N) is 1. The van der Waals surface area contributed by atoms with Crippen LogP contribution < -0.4 is 32.9 Å². The van der Waals surface area contributed by atoms with Crippen LogP contribution in [0.2, 0.25) is 0 Å². The van der Waals surface area contributed by atoms with Gasteiger partial charge in [0.1, 0.15) is 11.5 Å². The van der Waals surface area contributed by atoms with E-state index in [0.29, 0.717) is 11.4 Å². The number of quaternary nitrogens is 1. The highest BCUT2D eigenvalue weighted by molar-refractivity contribution is 7.10. The van der Waals surface area contributed by atoms with Crippen LogP contribution in [0.4, 0.5) is 5.69 Å². The van der Waals surface area contributed by atoms with E-state index in [2.05, 4.69) is 35.3 Å². The smallest absolute Gasteiger partial charge is 0.282 e. The first-order chi connectivity index (χ1) is 14.8. The number of rotatable bonds is 7. The van der Waals surface area contributed by atoms with Gasteiger partial charge in [0.05, 0.1) is 24.8 Å².